The standard InChI is InChI=1S/C20H21N3O4/c1-13-10-18(23-27-13)22-20(25)19(14-6-4-3-5-7-14)21-16-8-9-17(26-2)15(11-16)12-24/h3-11,19,21,24H,12H2,1-2H3,(H,22,23,25). The van der Waals surface area contributed by atoms with Crippen LogP contribution in [0.1, 0.15) is 22.9 Å². The zero-order valence-corrected chi connectivity index (χ0v) is 15.1. The van der Waals surface area contributed by atoms with Gasteiger partial charge in [-0.1, -0.05) is 35.5 Å². The number of hydrogen-bond donors (Lipinski definition) is 3. The first kappa shape index (κ1) is 18.5. The molecule has 0 spiro atoms. The number of aliphatic hydroxyl groups is 1. The van der Waals surface area contributed by atoms with Gasteiger partial charge in [-0.2, -0.15) is 0 Å². The summed E-state index contributed by atoms with van der Waals surface area (Å²) < 4.78 is 10.2. The molecule has 0 aliphatic rings. The Hall–Kier alpha value is -3.32. The number of nitrogens with zero attached hydrogens (tertiary/aromatic N) is 1. The molecule has 7 heteroatoms. The lowest BCUT2D eigenvalue weighted by Crippen LogP contribution is -2.27. The maximum Gasteiger partial charge on any atom is 0.252 e. The summed E-state index contributed by atoms with van der Waals surface area (Å²) in [7, 11) is 1.54. The van der Waals surface area contributed by atoms with Crippen LogP contribution in [-0.4, -0.2) is 23.3 Å². The largest absolute Gasteiger partial charge is 0.496 e. The van der Waals surface area contributed by atoms with Gasteiger partial charge >= 0.3 is 0 Å². The Kier molecular flexibility index (Phi) is 5.73. The van der Waals surface area contributed by atoms with Gasteiger partial charge in [-0.3, -0.25) is 4.79 Å². The van der Waals surface area contributed by atoms with Crippen LogP contribution in [0.4, 0.5) is 11.5 Å². The molecule has 27 heavy (non-hydrogen) atoms. The van der Waals surface area contributed by atoms with Crippen LogP contribution >= 0.6 is 0 Å². The van der Waals surface area contributed by atoms with Crippen LogP contribution in [0.2, 0.25) is 0 Å². The number of benzene rings is 2. The lowest BCUT2D eigenvalue weighted by Gasteiger charge is -2.20. The van der Waals surface area contributed by atoms with Gasteiger partial charge in [0.05, 0.1) is 13.7 Å². The molecule has 0 saturated carbocycles. The maximum absolute atomic E-state index is 12.9. The molecule has 1 heterocycles. The SMILES string of the molecule is COc1ccc(NC(C(=O)Nc2cc(C)on2)c2ccccc2)cc1CO. The van der Waals surface area contributed by atoms with E-state index in [1.807, 2.05) is 30.3 Å². The molecule has 0 saturated heterocycles. The van der Waals surface area contributed by atoms with Gasteiger partial charge in [0.2, 0.25) is 0 Å². The number of amides is 1. The van der Waals surface area contributed by atoms with Crippen LogP contribution < -0.4 is 15.4 Å². The molecule has 1 atom stereocenters. The van der Waals surface area contributed by atoms with Crippen molar-refractivity contribution in [2.75, 3.05) is 17.7 Å². The van der Waals surface area contributed by atoms with E-state index >= 15 is 0 Å². The molecule has 0 fully saturated rings. The third-order valence-corrected chi connectivity index (χ3v) is 4.04. The van der Waals surface area contributed by atoms with Gasteiger partial charge in [0, 0.05) is 17.3 Å². The Morgan fingerprint density at radius 2 is 2.00 bits per heavy atom. The maximum atomic E-state index is 12.9. The Labute approximate surface area is 157 Å². The lowest BCUT2D eigenvalue weighted by molar-refractivity contribution is -0.117. The van der Waals surface area contributed by atoms with Crippen molar-refractivity contribution in [1.82, 2.24) is 5.16 Å². The fourth-order valence-corrected chi connectivity index (χ4v) is 2.73. The highest BCUT2D eigenvalue weighted by Gasteiger charge is 2.22. The van der Waals surface area contributed by atoms with Crippen molar-refractivity contribution in [3.8, 4) is 5.75 Å². The number of methoxy groups -OCH3 is 1. The summed E-state index contributed by atoms with van der Waals surface area (Å²) in [5.74, 6) is 1.26. The van der Waals surface area contributed by atoms with Crippen molar-refractivity contribution in [3.05, 3.63) is 71.5 Å². The zero-order chi connectivity index (χ0) is 19.2. The van der Waals surface area contributed by atoms with Crippen LogP contribution in [0.3, 0.4) is 0 Å². The van der Waals surface area contributed by atoms with E-state index in [-0.39, 0.29) is 12.5 Å². The summed E-state index contributed by atoms with van der Waals surface area (Å²) >= 11 is 0. The van der Waals surface area contributed by atoms with E-state index in [0.29, 0.717) is 28.6 Å². The summed E-state index contributed by atoms with van der Waals surface area (Å²) in [5, 5.41) is 19.3. The highest BCUT2D eigenvalue weighted by molar-refractivity contribution is 5.96. The van der Waals surface area contributed by atoms with Crippen molar-refractivity contribution in [3.63, 3.8) is 0 Å². The number of ether oxygens (including phenoxy) is 1. The van der Waals surface area contributed by atoms with Gasteiger partial charge in [0.1, 0.15) is 17.6 Å². The average Bonchev–Trinajstić information content (AvgIpc) is 3.11. The van der Waals surface area contributed by atoms with E-state index in [1.165, 1.54) is 0 Å². The number of aromatic nitrogens is 1. The third kappa shape index (κ3) is 4.45. The predicted octanol–water partition coefficient (Wildman–Crippen LogP) is 3.28. The molecule has 1 amide bonds. The first-order valence-electron chi connectivity index (χ1n) is 8.44. The molecule has 3 aromatic rings. The number of aliphatic hydroxyl groups excluding tert-OH is 1. The first-order chi connectivity index (χ1) is 13.1. The molecule has 0 aliphatic heterocycles. The molecule has 7 nitrogen and oxygen atoms in total. The smallest absolute Gasteiger partial charge is 0.252 e. The van der Waals surface area contributed by atoms with Gasteiger partial charge in [-0.05, 0) is 30.7 Å². The molecule has 1 unspecified atom stereocenters. The fraction of sp³-hybridized carbons (Fsp3) is 0.200. The van der Waals surface area contributed by atoms with E-state index < -0.39 is 6.04 Å². The van der Waals surface area contributed by atoms with Crippen molar-refractivity contribution in [2.45, 2.75) is 19.6 Å². The molecule has 1 aromatic heterocycles. The summed E-state index contributed by atoms with van der Waals surface area (Å²) in [6, 6.07) is 15.6. The monoisotopic (exact) mass is 367 g/mol. The number of aryl methyl sites for hydroxylation is 1. The highest BCUT2D eigenvalue weighted by atomic mass is 16.5. The van der Waals surface area contributed by atoms with E-state index in [1.54, 1.807) is 38.3 Å². The fourth-order valence-electron chi connectivity index (χ4n) is 2.73. The minimum Gasteiger partial charge on any atom is -0.496 e. The minimum absolute atomic E-state index is 0.168. The number of anilines is 2. The summed E-state index contributed by atoms with van der Waals surface area (Å²) in [6.07, 6.45) is 0. The van der Waals surface area contributed by atoms with E-state index in [4.69, 9.17) is 9.26 Å². The van der Waals surface area contributed by atoms with Crippen LogP contribution in [0.25, 0.3) is 0 Å². The predicted molar refractivity (Wildman–Crippen MR) is 102 cm³/mol. The number of rotatable bonds is 7. The molecule has 0 radical (unpaired) electrons. The number of nitrogens with one attached hydrogen (secondary N) is 2. The molecule has 0 aliphatic carbocycles. The second-order valence-electron chi connectivity index (χ2n) is 5.98. The summed E-state index contributed by atoms with van der Waals surface area (Å²) in [4.78, 5) is 12.9. The second-order valence-corrected chi connectivity index (χ2v) is 5.98. The Morgan fingerprint density at radius 3 is 2.63 bits per heavy atom. The van der Waals surface area contributed by atoms with Gasteiger partial charge in [0.25, 0.3) is 5.91 Å². The van der Waals surface area contributed by atoms with Gasteiger partial charge in [0.15, 0.2) is 5.82 Å². The quantitative estimate of drug-likeness (QED) is 0.593. The van der Waals surface area contributed by atoms with E-state index in [0.717, 1.165) is 5.56 Å². The lowest BCUT2D eigenvalue weighted by atomic mass is 10.1. The molecule has 3 rings (SSSR count). The first-order valence-corrected chi connectivity index (χ1v) is 8.44. The number of carbonyl (C=O) groups is 1. The molecule has 2 aromatic carbocycles. The Balaban J connectivity index is 1.87. The Bertz CT molecular complexity index is 909. The van der Waals surface area contributed by atoms with Crippen molar-refractivity contribution in [1.29, 1.82) is 0 Å². The average molecular weight is 367 g/mol. The van der Waals surface area contributed by atoms with Crippen molar-refractivity contribution < 1.29 is 19.2 Å². The van der Waals surface area contributed by atoms with Crippen molar-refractivity contribution in [2.24, 2.45) is 0 Å². The second kappa shape index (κ2) is 8.37. The Morgan fingerprint density at radius 1 is 1.22 bits per heavy atom. The van der Waals surface area contributed by atoms with Gasteiger partial charge < -0.3 is 25.0 Å². The minimum atomic E-state index is -0.664. The van der Waals surface area contributed by atoms with Crippen molar-refractivity contribution >= 4 is 17.4 Å². The van der Waals surface area contributed by atoms with Crippen LogP contribution in [-0.2, 0) is 11.4 Å². The molecular formula is C20H21N3O4. The molecule has 0 bridgehead atoms. The van der Waals surface area contributed by atoms with Crippen LogP contribution in [0, 0.1) is 6.92 Å². The molecule has 3 N–H and O–H groups in total. The number of hydrogen-bond acceptors (Lipinski definition) is 6. The molecular weight excluding hydrogens is 346 g/mol. The van der Waals surface area contributed by atoms with Crippen LogP contribution in [0.5, 0.6) is 5.75 Å². The number of carbonyl (C=O) groups excluding carboxylic acids is 1. The summed E-state index contributed by atoms with van der Waals surface area (Å²) in [5.41, 5.74) is 2.10. The van der Waals surface area contributed by atoms with E-state index in [9.17, 15) is 9.90 Å². The normalized spacial score (nSPS) is 11.7. The van der Waals surface area contributed by atoms with Gasteiger partial charge in [-0.25, -0.2) is 0 Å². The topological polar surface area (TPSA) is 96.6 Å². The van der Waals surface area contributed by atoms with Crippen LogP contribution in [0.15, 0.2) is 59.1 Å². The third-order valence-electron chi connectivity index (χ3n) is 4.04. The van der Waals surface area contributed by atoms with E-state index in [2.05, 4.69) is 15.8 Å². The summed E-state index contributed by atoms with van der Waals surface area (Å²) in [6.45, 7) is 1.59. The zero-order valence-electron chi connectivity index (χ0n) is 15.1. The molecule has 140 valence electrons. The van der Waals surface area contributed by atoms with Gasteiger partial charge in [-0.15, -0.1) is 0 Å². The highest BCUT2D eigenvalue weighted by Crippen LogP contribution is 2.26.